The molecule has 0 atom stereocenters. The van der Waals surface area contributed by atoms with Crippen molar-refractivity contribution in [3.05, 3.63) is 82.2 Å². The number of allylic oxidation sites excluding steroid dienone is 2. The molecule has 0 aliphatic rings. The number of aromatic amines is 2. The molecule has 1 aromatic carbocycles. The predicted molar refractivity (Wildman–Crippen MR) is 132 cm³/mol. The van der Waals surface area contributed by atoms with Crippen LogP contribution >= 0.6 is 11.3 Å². The number of thiophene rings is 1. The minimum Gasteiger partial charge on any atom is -0.340 e. The first kappa shape index (κ1) is 20.2. The van der Waals surface area contributed by atoms with Crippen LogP contribution in [0.4, 0.5) is 0 Å². The Kier molecular flexibility index (Phi) is 4.90. The monoisotopic (exact) mass is 440 g/mol. The van der Waals surface area contributed by atoms with Crippen LogP contribution in [0, 0.1) is 20.8 Å². The Morgan fingerprint density at radius 3 is 2.69 bits per heavy atom. The molecule has 0 saturated carbocycles. The molecule has 0 radical (unpaired) electrons. The van der Waals surface area contributed by atoms with Gasteiger partial charge in [-0.05, 0) is 45.0 Å². The van der Waals surface area contributed by atoms with Crippen LogP contribution in [0.25, 0.3) is 39.3 Å². The average Bonchev–Trinajstić information content (AvgIpc) is 3.54. The molecule has 4 aromatic heterocycles. The number of benzene rings is 1. The summed E-state index contributed by atoms with van der Waals surface area (Å²) in [6.45, 7) is 10.1. The van der Waals surface area contributed by atoms with Gasteiger partial charge in [0, 0.05) is 39.0 Å². The number of fused-ring (bicyclic) bond motifs is 1. The van der Waals surface area contributed by atoms with Gasteiger partial charge in [0.25, 0.3) is 0 Å². The van der Waals surface area contributed by atoms with Gasteiger partial charge in [0.15, 0.2) is 5.82 Å². The number of imidazole rings is 2. The predicted octanol–water partition coefficient (Wildman–Crippen LogP) is 5.96. The molecule has 7 heteroatoms. The molecular weight excluding hydrogens is 416 g/mol. The van der Waals surface area contributed by atoms with Gasteiger partial charge in [0.2, 0.25) is 0 Å². The normalized spacial score (nSPS) is 12.1. The summed E-state index contributed by atoms with van der Waals surface area (Å²) in [6, 6.07) is 10.5. The summed E-state index contributed by atoms with van der Waals surface area (Å²) in [4.78, 5) is 15.3. The zero-order valence-corrected chi connectivity index (χ0v) is 19.3. The van der Waals surface area contributed by atoms with E-state index in [2.05, 4.69) is 68.6 Å². The van der Waals surface area contributed by atoms with Crippen molar-refractivity contribution < 1.29 is 0 Å². The lowest BCUT2D eigenvalue weighted by molar-refractivity contribution is 0.865. The van der Waals surface area contributed by atoms with E-state index in [9.17, 15) is 0 Å². The van der Waals surface area contributed by atoms with Crippen LogP contribution in [0.3, 0.4) is 0 Å². The maximum Gasteiger partial charge on any atom is 0.159 e. The second kappa shape index (κ2) is 7.76. The zero-order chi connectivity index (χ0) is 22.4. The molecular formula is C25H24N6S. The number of aryl methyl sites for hydroxylation is 3. The van der Waals surface area contributed by atoms with Crippen molar-refractivity contribution in [1.82, 2.24) is 29.7 Å². The molecule has 0 saturated heterocycles. The molecule has 32 heavy (non-hydrogen) atoms. The lowest BCUT2D eigenvalue weighted by Crippen LogP contribution is -1.94. The Hall–Kier alpha value is -3.71. The van der Waals surface area contributed by atoms with Crippen molar-refractivity contribution in [3.63, 3.8) is 0 Å². The molecule has 0 bridgehead atoms. The fraction of sp³-hybridized carbons (Fsp3) is 0.160. The SMILES string of the molecule is C=C/C=C(/c1ccc(C)s1)c1nc(-c2n[nH]c3ccc(-c4cnc(C)n4C)cc23)[nH]c1C. The number of aromatic nitrogens is 6. The second-order valence-corrected chi connectivity index (χ2v) is 9.16. The molecule has 0 aliphatic carbocycles. The van der Waals surface area contributed by atoms with E-state index in [0.29, 0.717) is 0 Å². The minimum absolute atomic E-state index is 0.741. The molecule has 5 aromatic rings. The van der Waals surface area contributed by atoms with E-state index in [1.807, 2.05) is 39.2 Å². The van der Waals surface area contributed by atoms with Gasteiger partial charge in [-0.2, -0.15) is 5.10 Å². The first-order chi connectivity index (χ1) is 15.5. The van der Waals surface area contributed by atoms with Crippen LogP contribution in [-0.4, -0.2) is 29.7 Å². The molecule has 0 unspecified atom stereocenters. The Morgan fingerprint density at radius 1 is 1.16 bits per heavy atom. The van der Waals surface area contributed by atoms with Crippen LogP contribution in [-0.2, 0) is 7.05 Å². The highest BCUT2D eigenvalue weighted by Crippen LogP contribution is 2.34. The summed E-state index contributed by atoms with van der Waals surface area (Å²) in [5.74, 6) is 1.72. The molecule has 4 heterocycles. The molecule has 2 N–H and O–H groups in total. The van der Waals surface area contributed by atoms with E-state index in [-0.39, 0.29) is 0 Å². The van der Waals surface area contributed by atoms with Gasteiger partial charge in [0.05, 0.1) is 23.1 Å². The summed E-state index contributed by atoms with van der Waals surface area (Å²) in [5, 5.41) is 8.75. The largest absolute Gasteiger partial charge is 0.340 e. The molecule has 0 aliphatic heterocycles. The third-order valence-electron chi connectivity index (χ3n) is 5.73. The van der Waals surface area contributed by atoms with E-state index in [1.54, 1.807) is 11.3 Å². The highest BCUT2D eigenvalue weighted by molar-refractivity contribution is 7.13. The fourth-order valence-electron chi connectivity index (χ4n) is 3.93. The van der Waals surface area contributed by atoms with Crippen LogP contribution in [0.5, 0.6) is 0 Å². The van der Waals surface area contributed by atoms with Gasteiger partial charge < -0.3 is 9.55 Å². The molecule has 0 spiro atoms. The maximum atomic E-state index is 4.97. The second-order valence-electron chi connectivity index (χ2n) is 7.87. The van der Waals surface area contributed by atoms with E-state index in [0.717, 1.165) is 56.5 Å². The van der Waals surface area contributed by atoms with E-state index in [4.69, 9.17) is 4.98 Å². The van der Waals surface area contributed by atoms with E-state index in [1.165, 1.54) is 9.75 Å². The number of hydrogen-bond donors (Lipinski definition) is 2. The number of nitrogens with one attached hydrogen (secondary N) is 2. The third-order valence-corrected chi connectivity index (χ3v) is 6.77. The van der Waals surface area contributed by atoms with Crippen molar-refractivity contribution in [2.75, 3.05) is 0 Å². The van der Waals surface area contributed by atoms with Crippen molar-refractivity contribution in [2.45, 2.75) is 20.8 Å². The van der Waals surface area contributed by atoms with Gasteiger partial charge in [-0.25, -0.2) is 9.97 Å². The van der Waals surface area contributed by atoms with Gasteiger partial charge in [-0.15, -0.1) is 11.3 Å². The highest BCUT2D eigenvalue weighted by Gasteiger charge is 2.19. The first-order valence-corrected chi connectivity index (χ1v) is 11.2. The fourth-order valence-corrected chi connectivity index (χ4v) is 4.83. The summed E-state index contributed by atoms with van der Waals surface area (Å²) in [7, 11) is 2.03. The summed E-state index contributed by atoms with van der Waals surface area (Å²) >= 11 is 1.75. The highest BCUT2D eigenvalue weighted by atomic mass is 32.1. The van der Waals surface area contributed by atoms with Crippen molar-refractivity contribution in [3.8, 4) is 22.8 Å². The topological polar surface area (TPSA) is 75.2 Å². The molecule has 160 valence electrons. The van der Waals surface area contributed by atoms with Crippen molar-refractivity contribution in [1.29, 1.82) is 0 Å². The van der Waals surface area contributed by atoms with Crippen LogP contribution in [0.2, 0.25) is 0 Å². The average molecular weight is 441 g/mol. The van der Waals surface area contributed by atoms with Gasteiger partial charge in [0.1, 0.15) is 11.5 Å². The standard InChI is InChI=1S/C25H24N6S/c1-6-7-18(22-11-8-14(2)32-22)23-15(3)27-25(28-23)24-19-12-17(9-10-20(19)29-30-24)21-13-26-16(4)31(21)5/h6-13H,1H2,2-5H3,(H,27,28)(H,29,30)/b18-7-. The van der Waals surface area contributed by atoms with Crippen molar-refractivity contribution >= 4 is 27.8 Å². The van der Waals surface area contributed by atoms with Crippen LogP contribution in [0.1, 0.15) is 27.0 Å². The van der Waals surface area contributed by atoms with Crippen molar-refractivity contribution in [2.24, 2.45) is 7.05 Å². The Morgan fingerprint density at radius 2 is 2.00 bits per heavy atom. The quantitative estimate of drug-likeness (QED) is 0.331. The summed E-state index contributed by atoms with van der Waals surface area (Å²) < 4.78 is 2.09. The zero-order valence-electron chi connectivity index (χ0n) is 18.5. The lowest BCUT2D eigenvalue weighted by atomic mass is 10.1. The van der Waals surface area contributed by atoms with Gasteiger partial charge in [-0.3, -0.25) is 5.10 Å². The van der Waals surface area contributed by atoms with Gasteiger partial charge >= 0.3 is 0 Å². The number of nitrogens with zero attached hydrogens (tertiary/aromatic N) is 4. The number of rotatable bonds is 5. The number of hydrogen-bond acceptors (Lipinski definition) is 4. The Labute approximate surface area is 190 Å². The third kappa shape index (κ3) is 3.31. The number of H-pyrrole nitrogens is 2. The molecule has 6 nitrogen and oxygen atoms in total. The maximum absolute atomic E-state index is 4.97. The molecule has 5 rings (SSSR count). The Bertz CT molecular complexity index is 1490. The van der Waals surface area contributed by atoms with Gasteiger partial charge in [-0.1, -0.05) is 24.8 Å². The smallest absolute Gasteiger partial charge is 0.159 e. The first-order valence-electron chi connectivity index (χ1n) is 10.4. The lowest BCUT2D eigenvalue weighted by Gasteiger charge is -2.04. The van der Waals surface area contributed by atoms with E-state index >= 15 is 0 Å². The summed E-state index contributed by atoms with van der Waals surface area (Å²) in [5.41, 5.74) is 6.89. The minimum atomic E-state index is 0.741. The van der Waals surface area contributed by atoms with Crippen LogP contribution < -0.4 is 0 Å². The molecule has 0 amide bonds. The summed E-state index contributed by atoms with van der Waals surface area (Å²) in [6.07, 6.45) is 5.73. The molecule has 0 fully saturated rings. The van der Waals surface area contributed by atoms with E-state index < -0.39 is 0 Å². The van der Waals surface area contributed by atoms with Crippen LogP contribution in [0.15, 0.2) is 55.3 Å². The Balaban J connectivity index is 1.62.